The largest absolute Gasteiger partial charge is 0.460 e. The summed E-state index contributed by atoms with van der Waals surface area (Å²) < 4.78 is 70.5. The van der Waals surface area contributed by atoms with Gasteiger partial charge in [-0.25, -0.2) is 13.2 Å². The van der Waals surface area contributed by atoms with E-state index in [4.69, 9.17) is 4.74 Å². The molecule has 0 bridgehead atoms. The molecule has 1 unspecified atom stereocenters. The van der Waals surface area contributed by atoms with Crippen molar-refractivity contribution in [3.63, 3.8) is 0 Å². The van der Waals surface area contributed by atoms with Crippen molar-refractivity contribution in [2.75, 3.05) is 28.5 Å². The van der Waals surface area contributed by atoms with Crippen LogP contribution in [-0.2, 0) is 21.2 Å². The fraction of sp³-hybridized carbons (Fsp3) is 0.609. The molecule has 2 aromatic rings. The van der Waals surface area contributed by atoms with Crippen LogP contribution < -0.4 is 9.62 Å². The number of fused-ring (bicyclic) bond motifs is 1. The number of ether oxygens (including phenoxy) is 1. The Balaban J connectivity index is 1.96. The van der Waals surface area contributed by atoms with E-state index in [1.54, 1.807) is 6.07 Å². The first kappa shape index (κ1) is 29.7. The summed E-state index contributed by atoms with van der Waals surface area (Å²) in [5.41, 5.74) is 1.51. The Morgan fingerprint density at radius 2 is 2.03 bits per heavy atom. The van der Waals surface area contributed by atoms with E-state index in [2.05, 4.69) is 39.2 Å². The molecular formula is C23H31F3N6O4S2. The fourth-order valence-corrected chi connectivity index (χ4v) is 5.40. The van der Waals surface area contributed by atoms with E-state index < -0.39 is 27.9 Å². The number of benzene rings is 1. The lowest BCUT2D eigenvalue weighted by Crippen LogP contribution is -2.38. The molecule has 3 rings (SSSR count). The summed E-state index contributed by atoms with van der Waals surface area (Å²) in [5, 5.41) is 15.5. The second kappa shape index (κ2) is 12.4. The van der Waals surface area contributed by atoms with Gasteiger partial charge in [-0.3, -0.25) is 4.72 Å². The lowest BCUT2D eigenvalue weighted by atomic mass is 9.95. The summed E-state index contributed by atoms with van der Waals surface area (Å²) in [7, 11) is -4.77. The Morgan fingerprint density at radius 3 is 2.68 bits per heavy atom. The maximum atomic E-state index is 12.9. The zero-order chi connectivity index (χ0) is 28.1. The molecular weight excluding hydrogens is 545 g/mol. The predicted octanol–water partition coefficient (Wildman–Crippen LogP) is 6.01. The van der Waals surface area contributed by atoms with Crippen molar-refractivity contribution in [1.82, 2.24) is 10.2 Å². The molecule has 10 nitrogen and oxygen atoms in total. The van der Waals surface area contributed by atoms with Gasteiger partial charge in [0.05, 0.1) is 12.3 Å². The Hall–Kier alpha value is -2.81. The maximum absolute atomic E-state index is 12.9. The number of alkyl halides is 3. The van der Waals surface area contributed by atoms with Crippen LogP contribution in [0.2, 0.25) is 0 Å². The number of unbranched alkanes of at least 4 members (excludes halogenated alkanes) is 1. The molecule has 0 saturated carbocycles. The zero-order valence-corrected chi connectivity index (χ0v) is 23.2. The van der Waals surface area contributed by atoms with Gasteiger partial charge in [-0.1, -0.05) is 38.5 Å². The molecule has 0 spiro atoms. The molecule has 1 atom stereocenters. The molecule has 0 saturated heterocycles. The van der Waals surface area contributed by atoms with E-state index in [9.17, 15) is 26.4 Å². The number of rotatable bonds is 11. The third-order valence-corrected chi connectivity index (χ3v) is 7.65. The highest BCUT2D eigenvalue weighted by Gasteiger charge is 2.36. The van der Waals surface area contributed by atoms with Crippen LogP contribution in [0.15, 0.2) is 22.4 Å². The van der Waals surface area contributed by atoms with E-state index in [0.717, 1.165) is 48.4 Å². The van der Waals surface area contributed by atoms with Crippen molar-refractivity contribution in [3.8, 4) is 0 Å². The fourth-order valence-electron chi connectivity index (χ4n) is 3.84. The molecule has 1 N–H and O–H groups in total. The minimum Gasteiger partial charge on any atom is -0.460 e. The van der Waals surface area contributed by atoms with Crippen LogP contribution in [0.1, 0.15) is 62.3 Å². The predicted molar refractivity (Wildman–Crippen MR) is 139 cm³/mol. The number of anilines is 2. The standard InChI is InChI=1S/C23H31F3N6O4S2/c1-5-6-9-32-15(4)7-8-16-10-17(18(11-19(16)32)31-38(34,35)13-23(24,25)26)27-29-22-30-28-20(37-22)21(33)36-12-14(2)3/h10-11,14-15,31H,5-9,12-13H2,1-4H3. The first-order valence-corrected chi connectivity index (χ1v) is 14.7. The third kappa shape index (κ3) is 8.35. The van der Waals surface area contributed by atoms with Crippen LogP contribution in [0.25, 0.3) is 0 Å². The highest BCUT2D eigenvalue weighted by atomic mass is 32.2. The van der Waals surface area contributed by atoms with Crippen molar-refractivity contribution in [1.29, 1.82) is 0 Å². The average molecular weight is 577 g/mol. The van der Waals surface area contributed by atoms with Crippen LogP contribution >= 0.6 is 11.3 Å². The van der Waals surface area contributed by atoms with Gasteiger partial charge >= 0.3 is 12.1 Å². The smallest absolute Gasteiger partial charge is 0.404 e. The van der Waals surface area contributed by atoms with E-state index in [-0.39, 0.29) is 40.1 Å². The molecule has 38 heavy (non-hydrogen) atoms. The second-order valence-electron chi connectivity index (χ2n) is 9.49. The van der Waals surface area contributed by atoms with Gasteiger partial charge in [-0.15, -0.1) is 20.4 Å². The first-order chi connectivity index (χ1) is 17.8. The topological polar surface area (TPSA) is 126 Å². The highest BCUT2D eigenvalue weighted by Crippen LogP contribution is 2.40. The Morgan fingerprint density at radius 1 is 1.29 bits per heavy atom. The quantitative estimate of drug-likeness (QED) is 0.256. The molecule has 0 aliphatic carbocycles. The monoisotopic (exact) mass is 576 g/mol. The van der Waals surface area contributed by atoms with Crippen LogP contribution in [0.3, 0.4) is 0 Å². The maximum Gasteiger partial charge on any atom is 0.404 e. The Kier molecular flexibility index (Phi) is 9.68. The molecule has 1 aromatic heterocycles. The summed E-state index contributed by atoms with van der Waals surface area (Å²) in [4.78, 5) is 14.2. The first-order valence-electron chi connectivity index (χ1n) is 12.2. The molecule has 0 amide bonds. The zero-order valence-electron chi connectivity index (χ0n) is 21.6. The van der Waals surface area contributed by atoms with Gasteiger partial charge in [-0.2, -0.15) is 13.2 Å². The van der Waals surface area contributed by atoms with Crippen molar-refractivity contribution in [2.24, 2.45) is 16.1 Å². The van der Waals surface area contributed by atoms with Crippen molar-refractivity contribution < 1.29 is 31.1 Å². The van der Waals surface area contributed by atoms with Gasteiger partial charge in [0.15, 0.2) is 5.75 Å². The number of hydrogen-bond donors (Lipinski definition) is 1. The summed E-state index contributed by atoms with van der Waals surface area (Å²) in [6.07, 6.45) is -1.53. The van der Waals surface area contributed by atoms with Crippen molar-refractivity contribution in [3.05, 3.63) is 22.7 Å². The van der Waals surface area contributed by atoms with Gasteiger partial charge in [0, 0.05) is 18.3 Å². The van der Waals surface area contributed by atoms with Crippen LogP contribution in [-0.4, -0.2) is 55.7 Å². The minimum absolute atomic E-state index is 0.00140. The second-order valence-corrected chi connectivity index (χ2v) is 12.2. The van der Waals surface area contributed by atoms with Gasteiger partial charge in [-0.05, 0) is 49.8 Å². The molecule has 1 aliphatic rings. The molecule has 0 radical (unpaired) electrons. The van der Waals surface area contributed by atoms with E-state index >= 15 is 0 Å². The molecule has 15 heteroatoms. The SMILES string of the molecule is CCCCN1c2cc(NS(=O)(=O)CC(F)(F)F)c(N=Nc3nnc(C(=O)OCC(C)C)s3)cc2CCC1C. The minimum atomic E-state index is -4.92. The van der Waals surface area contributed by atoms with Gasteiger partial charge < -0.3 is 9.64 Å². The van der Waals surface area contributed by atoms with Crippen LogP contribution in [0, 0.1) is 5.92 Å². The summed E-state index contributed by atoms with van der Waals surface area (Å²) >= 11 is 0.824. The lowest BCUT2D eigenvalue weighted by molar-refractivity contribution is -0.106. The average Bonchev–Trinajstić information content (AvgIpc) is 3.28. The Bertz CT molecular complexity index is 1260. The van der Waals surface area contributed by atoms with Crippen molar-refractivity contribution >= 4 is 49.5 Å². The number of carbonyl (C=O) groups is 1. The van der Waals surface area contributed by atoms with Gasteiger partial charge in [0.2, 0.25) is 15.0 Å². The number of halogens is 3. The lowest BCUT2D eigenvalue weighted by Gasteiger charge is -2.37. The number of hydrogen-bond acceptors (Lipinski definition) is 10. The normalized spacial score (nSPS) is 16.2. The number of carbonyl (C=O) groups excluding carboxylic acids is 1. The van der Waals surface area contributed by atoms with E-state index in [1.807, 2.05) is 18.6 Å². The number of azo groups is 1. The summed E-state index contributed by atoms with van der Waals surface area (Å²) in [5.74, 6) is -2.56. The summed E-state index contributed by atoms with van der Waals surface area (Å²) in [6, 6.07) is 3.31. The van der Waals surface area contributed by atoms with Gasteiger partial charge in [0.1, 0.15) is 5.69 Å². The molecule has 1 aromatic carbocycles. The molecule has 2 heterocycles. The highest BCUT2D eigenvalue weighted by molar-refractivity contribution is 7.92. The number of aromatic nitrogens is 2. The molecule has 210 valence electrons. The number of nitrogens with zero attached hydrogens (tertiary/aromatic N) is 5. The van der Waals surface area contributed by atoms with Crippen molar-refractivity contribution in [2.45, 2.75) is 65.6 Å². The van der Waals surface area contributed by atoms with Gasteiger partial charge in [0.25, 0.3) is 5.13 Å². The van der Waals surface area contributed by atoms with Crippen LogP contribution in [0.5, 0.6) is 0 Å². The molecule has 0 fully saturated rings. The molecule has 1 aliphatic heterocycles. The third-order valence-electron chi connectivity index (χ3n) is 5.62. The number of esters is 1. The number of sulfonamides is 1. The number of aryl methyl sites for hydroxylation is 1. The Labute approximate surface area is 223 Å². The van der Waals surface area contributed by atoms with E-state index in [1.165, 1.54) is 6.07 Å². The van der Waals surface area contributed by atoms with Crippen LogP contribution in [0.4, 0.5) is 35.4 Å². The number of nitrogens with one attached hydrogen (secondary N) is 1. The summed E-state index contributed by atoms with van der Waals surface area (Å²) in [6.45, 7) is 8.81. The van der Waals surface area contributed by atoms with E-state index in [0.29, 0.717) is 6.42 Å².